The molecular formula is C17H19NO3. The number of carbonyl (C=O) groups is 1. The lowest BCUT2D eigenvalue weighted by atomic mass is 9.89. The van der Waals surface area contributed by atoms with Crippen LogP contribution in [0.1, 0.15) is 25.3 Å². The largest absolute Gasteiger partial charge is 0.482 e. The molecule has 1 aromatic rings. The normalized spacial score (nSPS) is 23.9. The van der Waals surface area contributed by atoms with Crippen LogP contribution in [0, 0.1) is 5.92 Å². The second kappa shape index (κ2) is 5.28. The Balaban J connectivity index is 1.91. The van der Waals surface area contributed by atoms with Crippen molar-refractivity contribution in [3.8, 4) is 0 Å². The highest BCUT2D eigenvalue weighted by Gasteiger charge is 2.37. The van der Waals surface area contributed by atoms with Crippen LogP contribution in [0.5, 0.6) is 0 Å². The van der Waals surface area contributed by atoms with Crippen LogP contribution in [0.15, 0.2) is 48.3 Å². The highest BCUT2D eigenvalue weighted by atomic mass is 16.5. The Kier molecular flexibility index (Phi) is 3.45. The summed E-state index contributed by atoms with van der Waals surface area (Å²) in [5, 5.41) is 12.8. The van der Waals surface area contributed by atoms with Crippen molar-refractivity contribution in [2.75, 3.05) is 5.32 Å². The Morgan fingerprint density at radius 3 is 2.81 bits per heavy atom. The van der Waals surface area contributed by atoms with Gasteiger partial charge in [-0.25, -0.2) is 4.79 Å². The Morgan fingerprint density at radius 2 is 2.10 bits per heavy atom. The number of ether oxygens (including phenoxy) is 1. The molecule has 2 aliphatic rings. The molecule has 0 amide bonds. The molecular weight excluding hydrogens is 266 g/mol. The summed E-state index contributed by atoms with van der Waals surface area (Å²) in [4.78, 5) is 11.4. The number of hydrogen-bond donors (Lipinski definition) is 2. The maximum atomic E-state index is 11.4. The standard InChI is InChI=1S/C17H19NO3/c1-10(2)16(17(19)20)21-14-9-5-8-13-15(14)11-6-3-4-7-12(11)18-13/h3-10,13,15-16,18H,1-2H3,(H,19,20). The summed E-state index contributed by atoms with van der Waals surface area (Å²) in [5.41, 5.74) is 2.25. The van der Waals surface area contributed by atoms with Gasteiger partial charge in [0.25, 0.3) is 0 Å². The van der Waals surface area contributed by atoms with E-state index in [0.717, 1.165) is 17.0 Å². The molecule has 21 heavy (non-hydrogen) atoms. The molecule has 110 valence electrons. The van der Waals surface area contributed by atoms with Crippen molar-refractivity contribution in [3.05, 3.63) is 53.8 Å². The lowest BCUT2D eigenvalue weighted by Gasteiger charge is -2.28. The summed E-state index contributed by atoms with van der Waals surface area (Å²) in [6.07, 6.45) is 5.07. The zero-order valence-corrected chi connectivity index (χ0v) is 12.1. The third-order valence-corrected chi connectivity index (χ3v) is 3.97. The van der Waals surface area contributed by atoms with Crippen molar-refractivity contribution < 1.29 is 14.6 Å². The van der Waals surface area contributed by atoms with Gasteiger partial charge in [0.15, 0.2) is 6.10 Å². The number of nitrogens with one attached hydrogen (secondary N) is 1. The quantitative estimate of drug-likeness (QED) is 0.892. The third-order valence-electron chi connectivity index (χ3n) is 3.97. The average Bonchev–Trinajstić information content (AvgIpc) is 2.83. The van der Waals surface area contributed by atoms with E-state index in [2.05, 4.69) is 17.5 Å². The molecule has 4 nitrogen and oxygen atoms in total. The molecule has 0 aromatic heterocycles. The van der Waals surface area contributed by atoms with E-state index in [0.29, 0.717) is 0 Å². The fourth-order valence-electron chi connectivity index (χ4n) is 2.95. The zero-order chi connectivity index (χ0) is 15.0. The van der Waals surface area contributed by atoms with Gasteiger partial charge in [-0.3, -0.25) is 0 Å². The SMILES string of the molecule is CC(C)C(OC1=CC=CC2Nc3ccccc3C12)C(=O)O. The van der Waals surface area contributed by atoms with E-state index in [1.165, 1.54) is 0 Å². The minimum Gasteiger partial charge on any atom is -0.482 e. The fourth-order valence-corrected chi connectivity index (χ4v) is 2.95. The van der Waals surface area contributed by atoms with Crippen LogP contribution < -0.4 is 5.32 Å². The van der Waals surface area contributed by atoms with Crippen LogP contribution in [0.4, 0.5) is 5.69 Å². The summed E-state index contributed by atoms with van der Waals surface area (Å²) in [5.74, 6) is -0.235. The molecule has 3 unspecified atom stereocenters. The predicted octanol–water partition coefficient (Wildman–Crippen LogP) is 3.14. The number of anilines is 1. The number of para-hydroxylation sites is 1. The van der Waals surface area contributed by atoms with Crippen LogP contribution in [0.2, 0.25) is 0 Å². The molecule has 3 rings (SSSR count). The fraction of sp³-hybridized carbons (Fsp3) is 0.353. The van der Waals surface area contributed by atoms with Crippen molar-refractivity contribution in [2.24, 2.45) is 5.92 Å². The van der Waals surface area contributed by atoms with E-state index in [1.807, 2.05) is 44.2 Å². The molecule has 0 radical (unpaired) electrons. The number of fused-ring (bicyclic) bond motifs is 3. The summed E-state index contributed by atoms with van der Waals surface area (Å²) >= 11 is 0. The first-order valence-electron chi connectivity index (χ1n) is 7.21. The monoisotopic (exact) mass is 285 g/mol. The second-order valence-electron chi connectivity index (χ2n) is 5.81. The van der Waals surface area contributed by atoms with E-state index in [-0.39, 0.29) is 17.9 Å². The summed E-state index contributed by atoms with van der Waals surface area (Å²) in [6, 6.07) is 8.22. The van der Waals surface area contributed by atoms with Crippen LogP contribution >= 0.6 is 0 Å². The van der Waals surface area contributed by atoms with Gasteiger partial charge in [-0.05, 0) is 17.7 Å². The lowest BCUT2D eigenvalue weighted by Crippen LogP contribution is -2.32. The topological polar surface area (TPSA) is 58.6 Å². The second-order valence-corrected chi connectivity index (χ2v) is 5.81. The Labute approximate surface area is 124 Å². The van der Waals surface area contributed by atoms with Gasteiger partial charge in [-0.1, -0.05) is 44.2 Å². The number of hydrogen-bond acceptors (Lipinski definition) is 3. The van der Waals surface area contributed by atoms with Crippen molar-refractivity contribution >= 4 is 11.7 Å². The predicted molar refractivity (Wildman–Crippen MR) is 81.2 cm³/mol. The first kappa shape index (κ1) is 13.7. The van der Waals surface area contributed by atoms with Crippen molar-refractivity contribution in [2.45, 2.75) is 31.9 Å². The van der Waals surface area contributed by atoms with E-state index in [9.17, 15) is 9.90 Å². The van der Waals surface area contributed by atoms with Gasteiger partial charge < -0.3 is 15.2 Å². The molecule has 2 N–H and O–H groups in total. The Bertz CT molecular complexity index is 618. The number of rotatable bonds is 4. The van der Waals surface area contributed by atoms with E-state index >= 15 is 0 Å². The van der Waals surface area contributed by atoms with Crippen LogP contribution in [0.3, 0.4) is 0 Å². The van der Waals surface area contributed by atoms with Crippen LogP contribution in [-0.4, -0.2) is 23.2 Å². The molecule has 0 bridgehead atoms. The number of benzene rings is 1. The van der Waals surface area contributed by atoms with Crippen molar-refractivity contribution in [1.29, 1.82) is 0 Å². The first-order valence-corrected chi connectivity index (χ1v) is 7.21. The maximum absolute atomic E-state index is 11.4. The van der Waals surface area contributed by atoms with Gasteiger partial charge in [0.1, 0.15) is 5.76 Å². The lowest BCUT2D eigenvalue weighted by molar-refractivity contribution is -0.150. The summed E-state index contributed by atoms with van der Waals surface area (Å²) in [6.45, 7) is 3.71. The van der Waals surface area contributed by atoms with Crippen molar-refractivity contribution in [1.82, 2.24) is 0 Å². The maximum Gasteiger partial charge on any atom is 0.345 e. The van der Waals surface area contributed by atoms with E-state index in [1.54, 1.807) is 0 Å². The Hall–Kier alpha value is -2.23. The van der Waals surface area contributed by atoms with Gasteiger partial charge in [0.05, 0.1) is 12.0 Å². The van der Waals surface area contributed by atoms with E-state index < -0.39 is 12.1 Å². The zero-order valence-electron chi connectivity index (χ0n) is 12.1. The summed E-state index contributed by atoms with van der Waals surface area (Å²) < 4.78 is 5.86. The minimum absolute atomic E-state index is 0.0480. The molecule has 0 saturated carbocycles. The van der Waals surface area contributed by atoms with Gasteiger partial charge in [-0.2, -0.15) is 0 Å². The molecule has 4 heteroatoms. The molecule has 0 fully saturated rings. The number of allylic oxidation sites excluding steroid dienone is 2. The smallest absolute Gasteiger partial charge is 0.345 e. The molecule has 0 spiro atoms. The highest BCUT2D eigenvalue weighted by Crippen LogP contribution is 2.43. The Morgan fingerprint density at radius 1 is 1.33 bits per heavy atom. The average molecular weight is 285 g/mol. The van der Waals surface area contributed by atoms with E-state index in [4.69, 9.17) is 4.74 Å². The summed E-state index contributed by atoms with van der Waals surface area (Å²) in [7, 11) is 0. The van der Waals surface area contributed by atoms with Crippen LogP contribution in [-0.2, 0) is 9.53 Å². The molecule has 0 saturated heterocycles. The molecule has 1 aromatic carbocycles. The van der Waals surface area contributed by atoms with Gasteiger partial charge in [0, 0.05) is 11.6 Å². The highest BCUT2D eigenvalue weighted by molar-refractivity contribution is 5.73. The number of aliphatic carboxylic acids is 1. The molecule has 1 heterocycles. The number of carboxylic acid groups (broad SMARTS) is 1. The van der Waals surface area contributed by atoms with Crippen molar-refractivity contribution in [3.63, 3.8) is 0 Å². The minimum atomic E-state index is -0.920. The molecule has 1 aliphatic heterocycles. The first-order chi connectivity index (χ1) is 10.1. The van der Waals surface area contributed by atoms with Crippen LogP contribution in [0.25, 0.3) is 0 Å². The number of carboxylic acids is 1. The van der Waals surface area contributed by atoms with Gasteiger partial charge in [-0.15, -0.1) is 0 Å². The van der Waals surface area contributed by atoms with Gasteiger partial charge >= 0.3 is 5.97 Å². The van der Waals surface area contributed by atoms with Gasteiger partial charge in [0.2, 0.25) is 0 Å². The molecule has 3 atom stereocenters. The third kappa shape index (κ3) is 2.42. The molecule has 1 aliphatic carbocycles.